The van der Waals surface area contributed by atoms with Crippen LogP contribution in [0.3, 0.4) is 0 Å². The van der Waals surface area contributed by atoms with Gasteiger partial charge in [-0.1, -0.05) is 0 Å². The molecule has 0 N–H and O–H groups in total. The molecule has 0 spiro atoms. The topological polar surface area (TPSA) is 58.6 Å². The van der Waals surface area contributed by atoms with Gasteiger partial charge in [0.1, 0.15) is 22.3 Å². The van der Waals surface area contributed by atoms with Gasteiger partial charge >= 0.3 is 6.09 Å². The van der Waals surface area contributed by atoms with Crippen LogP contribution in [0.1, 0.15) is 27.2 Å². The van der Waals surface area contributed by atoms with Crippen LogP contribution in [0.25, 0.3) is 0 Å². The summed E-state index contributed by atoms with van der Waals surface area (Å²) in [5.41, 5.74) is -0.458. The normalized spacial score (nSPS) is 16.6. The Bertz CT molecular complexity index is 504. The van der Waals surface area contributed by atoms with Crippen molar-refractivity contribution >= 4 is 27.8 Å². The molecule has 0 aliphatic carbocycles. The number of carbonyl (C=O) groups is 1. The van der Waals surface area contributed by atoms with Gasteiger partial charge in [-0.2, -0.15) is 0 Å². The Hall–Kier alpha value is -1.37. The summed E-state index contributed by atoms with van der Waals surface area (Å²) in [7, 11) is 0. The average Bonchev–Trinajstić information content (AvgIpc) is 2.62. The molecule has 1 aromatic rings. The number of anilines is 1. The first-order valence-corrected chi connectivity index (χ1v) is 7.85. The Kier molecular flexibility index (Phi) is 5.03. The van der Waals surface area contributed by atoms with Crippen molar-refractivity contribution in [3.05, 3.63) is 17.0 Å². The number of nitrogens with zero attached hydrogens (tertiary/aromatic N) is 4. The van der Waals surface area contributed by atoms with Crippen LogP contribution in [-0.4, -0.2) is 52.7 Å². The van der Waals surface area contributed by atoms with Gasteiger partial charge in [-0.05, 0) is 43.1 Å². The highest BCUT2D eigenvalue weighted by Crippen LogP contribution is 2.18. The van der Waals surface area contributed by atoms with Gasteiger partial charge in [-0.25, -0.2) is 14.8 Å². The molecule has 1 saturated heterocycles. The summed E-state index contributed by atoms with van der Waals surface area (Å²) in [6, 6.07) is 1.89. The maximum absolute atomic E-state index is 12.1. The van der Waals surface area contributed by atoms with Crippen LogP contribution in [0.4, 0.5) is 10.6 Å². The van der Waals surface area contributed by atoms with Crippen molar-refractivity contribution in [3.8, 4) is 0 Å². The number of amides is 1. The first kappa shape index (κ1) is 16.0. The van der Waals surface area contributed by atoms with E-state index < -0.39 is 5.60 Å². The van der Waals surface area contributed by atoms with Crippen LogP contribution in [0, 0.1) is 0 Å². The molecule has 0 unspecified atom stereocenters. The molecule has 1 aliphatic rings. The Morgan fingerprint density at radius 2 is 2.00 bits per heavy atom. The largest absolute Gasteiger partial charge is 0.444 e. The van der Waals surface area contributed by atoms with E-state index in [1.54, 1.807) is 4.90 Å². The highest BCUT2D eigenvalue weighted by molar-refractivity contribution is 9.10. The summed E-state index contributed by atoms with van der Waals surface area (Å²) in [5, 5.41) is 0. The number of rotatable bonds is 1. The molecule has 2 rings (SSSR count). The standard InChI is InChI=1S/C14H21BrN4O2/c1-14(2,3)21-13(20)19-6-4-5-18(7-8-19)12-9-11(15)16-10-17-12/h9-10H,4-8H2,1-3H3. The Morgan fingerprint density at radius 1 is 1.24 bits per heavy atom. The second kappa shape index (κ2) is 6.60. The Morgan fingerprint density at radius 3 is 2.67 bits per heavy atom. The maximum atomic E-state index is 12.1. The van der Waals surface area contributed by atoms with Crippen LogP contribution in [0.15, 0.2) is 17.0 Å². The number of aromatic nitrogens is 2. The highest BCUT2D eigenvalue weighted by Gasteiger charge is 2.24. The zero-order valence-electron chi connectivity index (χ0n) is 12.7. The van der Waals surface area contributed by atoms with Crippen molar-refractivity contribution in [2.45, 2.75) is 32.8 Å². The zero-order valence-corrected chi connectivity index (χ0v) is 14.3. The van der Waals surface area contributed by atoms with E-state index in [0.717, 1.165) is 29.9 Å². The van der Waals surface area contributed by atoms with Crippen molar-refractivity contribution in [3.63, 3.8) is 0 Å². The molecule has 7 heteroatoms. The van der Waals surface area contributed by atoms with E-state index in [1.807, 2.05) is 26.8 Å². The predicted octanol–water partition coefficient (Wildman–Crippen LogP) is 2.69. The third-order valence-corrected chi connectivity index (χ3v) is 3.52. The van der Waals surface area contributed by atoms with Gasteiger partial charge in [0.15, 0.2) is 0 Å². The van der Waals surface area contributed by atoms with Gasteiger partial charge < -0.3 is 14.5 Å². The van der Waals surface area contributed by atoms with E-state index in [0.29, 0.717) is 13.1 Å². The van der Waals surface area contributed by atoms with Crippen molar-refractivity contribution in [1.29, 1.82) is 0 Å². The Labute approximate surface area is 133 Å². The number of ether oxygens (including phenoxy) is 1. The van der Waals surface area contributed by atoms with Crippen LogP contribution in [0.5, 0.6) is 0 Å². The fraction of sp³-hybridized carbons (Fsp3) is 0.643. The van der Waals surface area contributed by atoms with Crippen molar-refractivity contribution in [2.24, 2.45) is 0 Å². The summed E-state index contributed by atoms with van der Waals surface area (Å²) >= 11 is 3.35. The van der Waals surface area contributed by atoms with Crippen LogP contribution in [-0.2, 0) is 4.74 Å². The number of halogens is 1. The monoisotopic (exact) mass is 356 g/mol. The third kappa shape index (κ3) is 4.84. The molecule has 0 bridgehead atoms. The van der Waals surface area contributed by atoms with E-state index in [4.69, 9.17) is 4.74 Å². The molecular weight excluding hydrogens is 336 g/mol. The lowest BCUT2D eigenvalue weighted by atomic mass is 10.2. The van der Waals surface area contributed by atoms with E-state index >= 15 is 0 Å². The molecular formula is C14H21BrN4O2. The quantitative estimate of drug-likeness (QED) is 0.724. The molecule has 0 saturated carbocycles. The van der Waals surface area contributed by atoms with Crippen LogP contribution in [0.2, 0.25) is 0 Å². The second-order valence-corrected chi connectivity index (χ2v) is 6.82. The summed E-state index contributed by atoms with van der Waals surface area (Å²) in [6.07, 6.45) is 2.18. The maximum Gasteiger partial charge on any atom is 0.410 e. The lowest BCUT2D eigenvalue weighted by molar-refractivity contribution is 0.0263. The summed E-state index contributed by atoms with van der Waals surface area (Å²) in [5.74, 6) is 0.878. The fourth-order valence-corrected chi connectivity index (χ4v) is 2.45. The number of carbonyl (C=O) groups excluding carboxylic acids is 1. The van der Waals surface area contributed by atoms with Crippen molar-refractivity contribution < 1.29 is 9.53 Å². The smallest absolute Gasteiger partial charge is 0.410 e. The molecule has 1 aliphatic heterocycles. The molecule has 21 heavy (non-hydrogen) atoms. The van der Waals surface area contributed by atoms with Gasteiger partial charge in [-0.15, -0.1) is 0 Å². The van der Waals surface area contributed by atoms with E-state index in [-0.39, 0.29) is 6.09 Å². The Balaban J connectivity index is 1.97. The van der Waals surface area contributed by atoms with Gasteiger partial charge in [0.2, 0.25) is 0 Å². The molecule has 1 amide bonds. The molecule has 6 nitrogen and oxygen atoms in total. The minimum absolute atomic E-state index is 0.242. The SMILES string of the molecule is CC(C)(C)OC(=O)N1CCCN(c2cc(Br)ncn2)CC1. The van der Waals surface area contributed by atoms with Crippen LogP contribution < -0.4 is 4.90 Å². The van der Waals surface area contributed by atoms with Crippen LogP contribution >= 0.6 is 15.9 Å². The van der Waals surface area contributed by atoms with E-state index in [2.05, 4.69) is 30.8 Å². The minimum Gasteiger partial charge on any atom is -0.444 e. The van der Waals surface area contributed by atoms with E-state index in [1.165, 1.54) is 6.33 Å². The zero-order chi connectivity index (χ0) is 15.5. The first-order valence-electron chi connectivity index (χ1n) is 7.05. The molecule has 2 heterocycles. The van der Waals surface area contributed by atoms with Crippen molar-refractivity contribution in [1.82, 2.24) is 14.9 Å². The van der Waals surface area contributed by atoms with Crippen molar-refractivity contribution in [2.75, 3.05) is 31.1 Å². The fourth-order valence-electron chi connectivity index (χ4n) is 2.15. The highest BCUT2D eigenvalue weighted by atomic mass is 79.9. The lowest BCUT2D eigenvalue weighted by Gasteiger charge is -2.26. The molecule has 0 atom stereocenters. The minimum atomic E-state index is -0.458. The van der Waals surface area contributed by atoms with Gasteiger partial charge in [0.25, 0.3) is 0 Å². The van der Waals surface area contributed by atoms with E-state index in [9.17, 15) is 4.79 Å². The van der Waals surface area contributed by atoms with Gasteiger partial charge in [0.05, 0.1) is 0 Å². The first-order chi connectivity index (χ1) is 9.85. The second-order valence-electron chi connectivity index (χ2n) is 6.01. The molecule has 1 fully saturated rings. The molecule has 1 aromatic heterocycles. The number of hydrogen-bond donors (Lipinski definition) is 0. The predicted molar refractivity (Wildman–Crippen MR) is 84.4 cm³/mol. The molecule has 0 radical (unpaired) electrons. The third-order valence-electron chi connectivity index (χ3n) is 3.09. The van der Waals surface area contributed by atoms with Gasteiger partial charge in [-0.3, -0.25) is 0 Å². The van der Waals surface area contributed by atoms with Gasteiger partial charge in [0, 0.05) is 32.2 Å². The summed E-state index contributed by atoms with van der Waals surface area (Å²) in [6.45, 7) is 8.59. The average molecular weight is 357 g/mol. The summed E-state index contributed by atoms with van der Waals surface area (Å²) in [4.78, 5) is 24.4. The molecule has 0 aromatic carbocycles. The number of hydrogen-bond acceptors (Lipinski definition) is 5. The summed E-state index contributed by atoms with van der Waals surface area (Å²) < 4.78 is 6.19. The molecule has 116 valence electrons. The lowest BCUT2D eigenvalue weighted by Crippen LogP contribution is -2.39.